The van der Waals surface area contributed by atoms with E-state index in [1.165, 1.54) is 6.20 Å². The van der Waals surface area contributed by atoms with Crippen molar-refractivity contribution in [2.45, 2.75) is 0 Å². The third-order valence-electron chi connectivity index (χ3n) is 3.66. The van der Waals surface area contributed by atoms with Crippen molar-refractivity contribution in [1.82, 2.24) is 4.98 Å². The average Bonchev–Trinajstić information content (AvgIpc) is 2.64. The first-order chi connectivity index (χ1) is 12.3. The quantitative estimate of drug-likeness (QED) is 0.360. The zero-order chi connectivity index (χ0) is 19.0. The van der Waals surface area contributed by atoms with Gasteiger partial charge in [0.1, 0.15) is 0 Å². The number of aromatic nitrogens is 1. The molecule has 8 heteroatoms. The van der Waals surface area contributed by atoms with E-state index in [0.29, 0.717) is 38.0 Å². The normalized spacial score (nSPS) is 10.7. The Morgan fingerprint density at radius 3 is 1.81 bits per heavy atom. The Bertz CT molecular complexity index is 1070. The number of benzene rings is 2. The van der Waals surface area contributed by atoms with Crippen LogP contribution in [0.2, 0.25) is 30.1 Å². The molecule has 0 bridgehead atoms. The summed E-state index contributed by atoms with van der Waals surface area (Å²) in [6.07, 6.45) is 1.53. The summed E-state index contributed by atoms with van der Waals surface area (Å²) < 4.78 is 0. The molecule has 0 atom stereocenters. The molecular weight excluding hydrogens is 457 g/mol. The summed E-state index contributed by atoms with van der Waals surface area (Å²) in [4.78, 5) is 4.39. The maximum Gasteiger partial charge on any atom is 0.0999 e. The second-order valence-electron chi connectivity index (χ2n) is 5.17. The molecule has 3 rings (SSSR count). The fourth-order valence-corrected chi connectivity index (χ4v) is 3.64. The summed E-state index contributed by atoms with van der Waals surface area (Å²) in [5.41, 5.74) is 2.46. The van der Waals surface area contributed by atoms with Gasteiger partial charge in [0.05, 0.1) is 47.5 Å². The van der Waals surface area contributed by atoms with Gasteiger partial charge in [-0.15, -0.1) is 0 Å². The highest BCUT2D eigenvalue weighted by Gasteiger charge is 2.17. The molecule has 0 saturated heterocycles. The number of hydrogen-bond acceptors (Lipinski definition) is 2. The molecule has 0 aliphatic carbocycles. The minimum absolute atomic E-state index is 0.214. The lowest BCUT2D eigenvalue weighted by Gasteiger charge is -2.11. The zero-order valence-electron chi connectivity index (χ0n) is 12.6. The Morgan fingerprint density at radius 2 is 1.23 bits per heavy atom. The first-order valence-electron chi connectivity index (χ1n) is 7.03. The summed E-state index contributed by atoms with van der Waals surface area (Å²) in [6.45, 7) is 0. The molecule has 130 valence electrons. The van der Waals surface area contributed by atoms with Crippen molar-refractivity contribution in [3.63, 3.8) is 0 Å². The lowest BCUT2D eigenvalue weighted by molar-refractivity contribution is 1.31. The van der Waals surface area contributed by atoms with Gasteiger partial charge < -0.3 is 0 Å². The van der Waals surface area contributed by atoms with Crippen LogP contribution in [0.4, 0.5) is 0 Å². The van der Waals surface area contributed by atoms with Crippen LogP contribution in [-0.2, 0) is 0 Å². The van der Waals surface area contributed by atoms with Crippen LogP contribution in [-0.4, -0.2) is 4.98 Å². The van der Waals surface area contributed by atoms with Crippen LogP contribution in [0.3, 0.4) is 0 Å². The van der Waals surface area contributed by atoms with Crippen molar-refractivity contribution in [1.29, 1.82) is 5.26 Å². The van der Waals surface area contributed by atoms with Crippen LogP contribution < -0.4 is 0 Å². The summed E-state index contributed by atoms with van der Waals surface area (Å²) in [6, 6.07) is 10.3. The van der Waals surface area contributed by atoms with Gasteiger partial charge >= 0.3 is 0 Å². The number of nitrogens with zero attached hydrogens (tertiary/aromatic N) is 2. The molecule has 3 aromatic rings. The van der Waals surface area contributed by atoms with Crippen LogP contribution >= 0.6 is 69.6 Å². The lowest BCUT2D eigenvalue weighted by Crippen LogP contribution is -1.93. The zero-order valence-corrected chi connectivity index (χ0v) is 17.2. The van der Waals surface area contributed by atoms with Crippen molar-refractivity contribution >= 4 is 69.6 Å². The van der Waals surface area contributed by atoms with Crippen LogP contribution in [0.1, 0.15) is 5.56 Å². The SMILES string of the molecule is N#Cc1cc(-c2ccc(Cl)c(Cl)c2Cl)ncc1-c1ccc(Cl)c(Cl)c1Cl. The van der Waals surface area contributed by atoms with Crippen molar-refractivity contribution in [2.75, 3.05) is 0 Å². The molecule has 0 spiro atoms. The van der Waals surface area contributed by atoms with Gasteiger partial charge in [-0.3, -0.25) is 4.98 Å². The second-order valence-corrected chi connectivity index (χ2v) is 7.50. The summed E-state index contributed by atoms with van der Waals surface area (Å²) >= 11 is 36.6. The van der Waals surface area contributed by atoms with Gasteiger partial charge in [0.2, 0.25) is 0 Å². The Labute approximate surface area is 179 Å². The van der Waals surface area contributed by atoms with Gasteiger partial charge in [0.25, 0.3) is 0 Å². The Hall–Kier alpha value is -1.18. The summed E-state index contributed by atoms with van der Waals surface area (Å²) in [5.74, 6) is 0. The van der Waals surface area contributed by atoms with E-state index >= 15 is 0 Å². The van der Waals surface area contributed by atoms with Crippen molar-refractivity contribution in [3.05, 3.63) is 72.2 Å². The fourth-order valence-electron chi connectivity index (χ4n) is 2.37. The van der Waals surface area contributed by atoms with Crippen LogP contribution in [0.25, 0.3) is 22.4 Å². The molecule has 2 aromatic carbocycles. The topological polar surface area (TPSA) is 36.7 Å². The smallest absolute Gasteiger partial charge is 0.0999 e. The van der Waals surface area contributed by atoms with Crippen molar-refractivity contribution < 1.29 is 0 Å². The summed E-state index contributed by atoms with van der Waals surface area (Å²) in [5, 5.41) is 11.2. The first-order valence-corrected chi connectivity index (χ1v) is 9.29. The highest BCUT2D eigenvalue weighted by Crippen LogP contribution is 2.41. The number of rotatable bonds is 2. The number of nitriles is 1. The van der Waals surface area contributed by atoms with E-state index in [9.17, 15) is 5.26 Å². The molecule has 0 amide bonds. The average molecular weight is 463 g/mol. The largest absolute Gasteiger partial charge is 0.255 e. The highest BCUT2D eigenvalue weighted by atomic mass is 35.5. The Kier molecular flexibility index (Phi) is 5.89. The van der Waals surface area contributed by atoms with E-state index in [-0.39, 0.29) is 20.1 Å². The molecule has 0 unspecified atom stereocenters. The molecule has 0 aliphatic heterocycles. The summed E-state index contributed by atoms with van der Waals surface area (Å²) in [7, 11) is 0. The van der Waals surface area contributed by atoms with E-state index in [1.807, 2.05) is 0 Å². The van der Waals surface area contributed by atoms with E-state index in [4.69, 9.17) is 69.6 Å². The second kappa shape index (κ2) is 7.82. The number of halogens is 6. The Morgan fingerprint density at radius 1 is 0.692 bits per heavy atom. The third-order valence-corrected chi connectivity index (χ3v) is 6.25. The van der Waals surface area contributed by atoms with E-state index in [0.717, 1.165) is 0 Å². The highest BCUT2D eigenvalue weighted by molar-refractivity contribution is 6.49. The monoisotopic (exact) mass is 460 g/mol. The van der Waals surface area contributed by atoms with Gasteiger partial charge in [0, 0.05) is 22.9 Å². The van der Waals surface area contributed by atoms with Crippen molar-refractivity contribution in [3.8, 4) is 28.5 Å². The number of hydrogen-bond donors (Lipinski definition) is 0. The van der Waals surface area contributed by atoms with Gasteiger partial charge in [0.15, 0.2) is 0 Å². The maximum absolute atomic E-state index is 9.57. The van der Waals surface area contributed by atoms with E-state index < -0.39 is 0 Å². The van der Waals surface area contributed by atoms with Gasteiger partial charge in [-0.2, -0.15) is 5.26 Å². The van der Waals surface area contributed by atoms with Crippen molar-refractivity contribution in [2.24, 2.45) is 0 Å². The molecule has 26 heavy (non-hydrogen) atoms. The minimum Gasteiger partial charge on any atom is -0.255 e. The molecule has 0 N–H and O–H groups in total. The van der Waals surface area contributed by atoms with Gasteiger partial charge in [-0.1, -0.05) is 75.7 Å². The number of pyridine rings is 1. The maximum atomic E-state index is 9.57. The minimum atomic E-state index is 0.214. The molecule has 0 saturated carbocycles. The fraction of sp³-hybridized carbons (Fsp3) is 0. The predicted octanol–water partition coefficient (Wildman–Crippen LogP) is 8.21. The molecule has 0 radical (unpaired) electrons. The molecule has 0 fully saturated rings. The molecule has 1 heterocycles. The Balaban J connectivity index is 2.18. The van der Waals surface area contributed by atoms with Gasteiger partial charge in [-0.05, 0) is 24.3 Å². The third kappa shape index (κ3) is 3.49. The van der Waals surface area contributed by atoms with E-state index in [1.54, 1.807) is 30.3 Å². The molecular formula is C18H6Cl6N2. The standard InChI is InChI=1S/C18H6Cl6N2/c19-12-3-1-9(15(21)17(12)23)11-7-26-14(5-8(11)6-25)10-2-4-13(20)18(24)16(10)22/h1-5,7H. The van der Waals surface area contributed by atoms with E-state index in [2.05, 4.69) is 11.1 Å². The molecule has 1 aromatic heterocycles. The molecule has 0 aliphatic rings. The lowest BCUT2D eigenvalue weighted by atomic mass is 10.00. The van der Waals surface area contributed by atoms with Crippen LogP contribution in [0.15, 0.2) is 36.5 Å². The molecule has 2 nitrogen and oxygen atoms in total. The van der Waals surface area contributed by atoms with Crippen LogP contribution in [0, 0.1) is 11.3 Å². The van der Waals surface area contributed by atoms with Gasteiger partial charge in [-0.25, -0.2) is 0 Å². The van der Waals surface area contributed by atoms with Crippen LogP contribution in [0.5, 0.6) is 0 Å². The predicted molar refractivity (Wildman–Crippen MR) is 110 cm³/mol. The first kappa shape index (κ1) is 19.6.